The van der Waals surface area contributed by atoms with Gasteiger partial charge in [-0.1, -0.05) is 17.7 Å². The van der Waals surface area contributed by atoms with Gasteiger partial charge in [-0.05, 0) is 36.4 Å². The quantitative estimate of drug-likeness (QED) is 0.691. The van der Waals surface area contributed by atoms with Crippen LogP contribution in [0.3, 0.4) is 0 Å². The minimum absolute atomic E-state index is 0.0411. The Morgan fingerprint density at radius 2 is 2.04 bits per heavy atom. The monoisotopic (exact) mass is 367 g/mol. The molecule has 0 aliphatic rings. The van der Waals surface area contributed by atoms with Crippen LogP contribution in [0.4, 0.5) is 4.39 Å². The third kappa shape index (κ3) is 2.63. The number of halogens is 2. The van der Waals surface area contributed by atoms with E-state index in [-0.39, 0.29) is 16.3 Å². The number of H-pyrrole nitrogens is 1. The second-order valence-corrected chi connectivity index (χ2v) is 7.93. The van der Waals surface area contributed by atoms with Crippen molar-refractivity contribution in [2.45, 2.75) is 0 Å². The van der Waals surface area contributed by atoms with E-state index in [1.54, 1.807) is 12.1 Å². The number of benzene rings is 2. The molecule has 0 fully saturated rings. The number of hydrogen-bond donors (Lipinski definition) is 2. The Labute approximate surface area is 141 Å². The minimum atomic E-state index is -3.85. The standard InChI is InChI=1S/C16H12ClFNO4P/c1-23-24(22,11-4-2-3-10(18)8-11)15-12-7-9(17)5-6-13(12)19-14(15)16(20)21/h2-8,19H,1H3,(H,20,21). The molecule has 5 nitrogen and oxygen atoms in total. The van der Waals surface area contributed by atoms with Gasteiger partial charge in [-0.3, -0.25) is 4.57 Å². The van der Waals surface area contributed by atoms with Crippen molar-refractivity contribution in [1.82, 2.24) is 4.98 Å². The minimum Gasteiger partial charge on any atom is -0.477 e. The predicted octanol–water partition coefficient (Wildman–Crippen LogP) is 3.53. The smallest absolute Gasteiger partial charge is 0.353 e. The fourth-order valence-corrected chi connectivity index (χ4v) is 4.94. The molecule has 2 N–H and O–H groups in total. The van der Waals surface area contributed by atoms with Crippen LogP contribution in [0.2, 0.25) is 5.02 Å². The lowest BCUT2D eigenvalue weighted by molar-refractivity contribution is 0.0692. The summed E-state index contributed by atoms with van der Waals surface area (Å²) in [5.41, 5.74) is 0.169. The molecule has 0 aliphatic carbocycles. The maximum atomic E-state index is 13.6. The van der Waals surface area contributed by atoms with Crippen LogP contribution in [0.25, 0.3) is 10.9 Å². The first-order chi connectivity index (χ1) is 11.4. The summed E-state index contributed by atoms with van der Waals surface area (Å²) in [6.45, 7) is 0. The fraction of sp³-hybridized carbons (Fsp3) is 0.0625. The molecule has 1 atom stereocenters. The molecule has 0 spiro atoms. The number of aromatic amines is 1. The molecule has 1 unspecified atom stereocenters. The second kappa shape index (κ2) is 6.06. The Hall–Kier alpha value is -2.14. The first-order valence-corrected chi connectivity index (χ1v) is 8.84. The summed E-state index contributed by atoms with van der Waals surface area (Å²) in [4.78, 5) is 14.3. The van der Waals surface area contributed by atoms with Gasteiger partial charge in [-0.15, -0.1) is 0 Å². The van der Waals surface area contributed by atoms with E-state index in [0.29, 0.717) is 15.9 Å². The highest BCUT2D eigenvalue weighted by molar-refractivity contribution is 7.75. The van der Waals surface area contributed by atoms with E-state index < -0.39 is 19.2 Å². The average molecular weight is 368 g/mol. The Kier molecular flexibility index (Phi) is 4.22. The van der Waals surface area contributed by atoms with Gasteiger partial charge in [0.05, 0.1) is 5.30 Å². The lowest BCUT2D eigenvalue weighted by atomic mass is 10.2. The van der Waals surface area contributed by atoms with Crippen molar-refractivity contribution >= 4 is 46.5 Å². The van der Waals surface area contributed by atoms with E-state index in [4.69, 9.17) is 16.1 Å². The molecule has 3 aromatic rings. The van der Waals surface area contributed by atoms with Crippen molar-refractivity contribution in [3.63, 3.8) is 0 Å². The number of nitrogens with one attached hydrogen (secondary N) is 1. The van der Waals surface area contributed by atoms with Crippen LogP contribution in [0.15, 0.2) is 42.5 Å². The van der Waals surface area contributed by atoms with Crippen LogP contribution in [-0.4, -0.2) is 23.2 Å². The van der Waals surface area contributed by atoms with Gasteiger partial charge in [0.15, 0.2) is 0 Å². The lowest BCUT2D eigenvalue weighted by Crippen LogP contribution is -2.22. The number of fused-ring (bicyclic) bond motifs is 1. The highest BCUT2D eigenvalue weighted by atomic mass is 35.5. The number of carbonyl (C=O) groups is 1. The van der Waals surface area contributed by atoms with Crippen molar-refractivity contribution in [1.29, 1.82) is 0 Å². The number of hydrogen-bond acceptors (Lipinski definition) is 3. The molecule has 3 rings (SSSR count). The Morgan fingerprint density at radius 3 is 2.67 bits per heavy atom. The fourth-order valence-electron chi connectivity index (χ4n) is 2.60. The van der Waals surface area contributed by atoms with Gasteiger partial charge >= 0.3 is 5.97 Å². The Morgan fingerprint density at radius 1 is 1.29 bits per heavy atom. The normalized spacial score (nSPS) is 13.8. The topological polar surface area (TPSA) is 79.4 Å². The molecular formula is C16H12ClFNO4P. The van der Waals surface area contributed by atoms with Crippen molar-refractivity contribution in [3.8, 4) is 0 Å². The molecule has 124 valence electrons. The van der Waals surface area contributed by atoms with Crippen LogP contribution in [0, 0.1) is 5.82 Å². The maximum absolute atomic E-state index is 13.6. The van der Waals surface area contributed by atoms with Crippen LogP contribution in [-0.2, 0) is 9.09 Å². The molecule has 24 heavy (non-hydrogen) atoms. The maximum Gasteiger partial charge on any atom is 0.353 e. The largest absolute Gasteiger partial charge is 0.477 e. The van der Waals surface area contributed by atoms with Gasteiger partial charge < -0.3 is 14.6 Å². The molecule has 0 aliphatic heterocycles. The van der Waals surface area contributed by atoms with E-state index in [1.165, 1.54) is 31.4 Å². The number of carboxylic acid groups (broad SMARTS) is 1. The van der Waals surface area contributed by atoms with Crippen LogP contribution >= 0.6 is 19.0 Å². The molecule has 0 saturated carbocycles. The number of rotatable bonds is 4. The van der Waals surface area contributed by atoms with Crippen LogP contribution in [0.5, 0.6) is 0 Å². The van der Waals surface area contributed by atoms with Crippen molar-refractivity contribution in [2.75, 3.05) is 7.11 Å². The van der Waals surface area contributed by atoms with Crippen molar-refractivity contribution in [2.24, 2.45) is 0 Å². The third-order valence-corrected chi connectivity index (χ3v) is 6.41. The summed E-state index contributed by atoms with van der Waals surface area (Å²) in [5.74, 6) is -1.90. The van der Waals surface area contributed by atoms with Gasteiger partial charge in [-0.2, -0.15) is 0 Å². The van der Waals surface area contributed by atoms with Gasteiger partial charge in [0.1, 0.15) is 11.5 Å². The predicted molar refractivity (Wildman–Crippen MR) is 90.6 cm³/mol. The Bertz CT molecular complexity index is 1000. The summed E-state index contributed by atoms with van der Waals surface area (Å²) < 4.78 is 32.3. The van der Waals surface area contributed by atoms with Crippen molar-refractivity contribution in [3.05, 3.63) is 59.0 Å². The van der Waals surface area contributed by atoms with Gasteiger partial charge in [0.25, 0.3) is 7.37 Å². The van der Waals surface area contributed by atoms with Gasteiger partial charge in [0, 0.05) is 28.3 Å². The summed E-state index contributed by atoms with van der Waals surface area (Å²) in [6, 6.07) is 9.75. The molecule has 1 aromatic heterocycles. The van der Waals surface area contributed by atoms with Gasteiger partial charge in [0.2, 0.25) is 0 Å². The number of aromatic nitrogens is 1. The zero-order chi connectivity index (χ0) is 17.5. The van der Waals surface area contributed by atoms with E-state index >= 15 is 0 Å². The molecule has 8 heteroatoms. The molecule has 0 saturated heterocycles. The molecule has 0 bridgehead atoms. The van der Waals surface area contributed by atoms with Crippen LogP contribution in [0.1, 0.15) is 10.5 Å². The summed E-state index contributed by atoms with van der Waals surface area (Å²) in [6.07, 6.45) is 0. The summed E-state index contributed by atoms with van der Waals surface area (Å²) in [5, 5.41) is 10.2. The summed E-state index contributed by atoms with van der Waals surface area (Å²) in [7, 11) is -2.66. The third-order valence-electron chi connectivity index (χ3n) is 3.65. The highest BCUT2D eigenvalue weighted by Gasteiger charge is 2.36. The lowest BCUT2D eigenvalue weighted by Gasteiger charge is -2.17. The van der Waals surface area contributed by atoms with Crippen molar-refractivity contribution < 1.29 is 23.4 Å². The number of carboxylic acids is 1. The first kappa shape index (κ1) is 16.7. The zero-order valence-electron chi connectivity index (χ0n) is 12.4. The first-order valence-electron chi connectivity index (χ1n) is 6.84. The van der Waals surface area contributed by atoms with E-state index in [2.05, 4.69) is 4.98 Å². The molecular weight excluding hydrogens is 356 g/mol. The molecule has 2 aromatic carbocycles. The highest BCUT2D eigenvalue weighted by Crippen LogP contribution is 2.47. The molecule has 0 radical (unpaired) electrons. The molecule has 0 amide bonds. The molecule has 1 heterocycles. The summed E-state index contributed by atoms with van der Waals surface area (Å²) >= 11 is 5.99. The average Bonchev–Trinajstić information content (AvgIpc) is 2.93. The zero-order valence-corrected chi connectivity index (χ0v) is 14.1. The van der Waals surface area contributed by atoms with E-state index in [1.807, 2.05) is 0 Å². The van der Waals surface area contributed by atoms with Crippen LogP contribution < -0.4 is 10.6 Å². The Balaban J connectivity index is 2.41. The SMILES string of the molecule is COP(=O)(c1cccc(F)c1)c1c(C(=O)O)[nH]c2ccc(Cl)cc12. The van der Waals surface area contributed by atoms with E-state index in [9.17, 15) is 18.9 Å². The van der Waals surface area contributed by atoms with E-state index in [0.717, 1.165) is 6.07 Å². The van der Waals surface area contributed by atoms with Gasteiger partial charge in [-0.25, -0.2) is 9.18 Å². The second-order valence-electron chi connectivity index (χ2n) is 5.06. The number of aromatic carboxylic acids is 1.